The summed E-state index contributed by atoms with van der Waals surface area (Å²) in [5, 5.41) is 0. The van der Waals surface area contributed by atoms with Gasteiger partial charge in [-0.2, -0.15) is 0 Å². The fraction of sp³-hybridized carbons (Fsp3) is 0.0435. The van der Waals surface area contributed by atoms with Gasteiger partial charge >= 0.3 is 0 Å². The number of aldehydes is 1. The van der Waals surface area contributed by atoms with Crippen LogP contribution in [-0.4, -0.2) is 15.8 Å². The van der Waals surface area contributed by atoms with E-state index in [4.69, 9.17) is 0 Å². The van der Waals surface area contributed by atoms with Gasteiger partial charge in [-0.15, -0.1) is 0 Å². The molecule has 4 aromatic rings. The first-order valence-corrected chi connectivity index (χ1v) is 8.51. The summed E-state index contributed by atoms with van der Waals surface area (Å²) < 4.78 is 2.12. The average molecular weight is 338 g/mol. The first kappa shape index (κ1) is 16.0. The highest BCUT2D eigenvalue weighted by atomic mass is 16.1. The Hall–Kier alpha value is -3.46. The summed E-state index contributed by atoms with van der Waals surface area (Å²) in [5.41, 5.74) is 3.42. The van der Waals surface area contributed by atoms with Crippen molar-refractivity contribution in [1.82, 2.24) is 9.55 Å². The normalized spacial score (nSPS) is 11.2. The van der Waals surface area contributed by atoms with Gasteiger partial charge in [0.15, 0.2) is 0 Å². The summed E-state index contributed by atoms with van der Waals surface area (Å²) in [4.78, 5) is 15.4. The third kappa shape index (κ3) is 2.54. The molecular formula is C23H18N2O. The number of benzene rings is 3. The number of hydrogen-bond donors (Lipinski definition) is 0. The molecule has 0 fully saturated rings. The second kappa shape index (κ2) is 6.81. The first-order valence-electron chi connectivity index (χ1n) is 8.51. The van der Waals surface area contributed by atoms with Crippen LogP contribution in [-0.2, 0) is 5.54 Å². The lowest BCUT2D eigenvalue weighted by Crippen LogP contribution is -2.36. The van der Waals surface area contributed by atoms with E-state index in [0.29, 0.717) is 5.56 Å². The predicted octanol–water partition coefficient (Wildman–Crippen LogP) is 4.54. The summed E-state index contributed by atoms with van der Waals surface area (Å²) in [6.07, 6.45) is 6.48. The number of hydrogen-bond acceptors (Lipinski definition) is 2. The molecule has 0 aliphatic rings. The van der Waals surface area contributed by atoms with E-state index in [-0.39, 0.29) is 0 Å². The molecule has 0 spiro atoms. The number of carbonyl (C=O) groups is 1. The quantitative estimate of drug-likeness (QED) is 0.396. The highest BCUT2D eigenvalue weighted by molar-refractivity contribution is 5.75. The number of imidazole rings is 1. The monoisotopic (exact) mass is 338 g/mol. The lowest BCUT2D eigenvalue weighted by Gasteiger charge is -2.37. The third-order valence-electron chi connectivity index (χ3n) is 4.74. The molecule has 0 unspecified atom stereocenters. The van der Waals surface area contributed by atoms with Crippen LogP contribution in [0.15, 0.2) is 104 Å². The Kier molecular flexibility index (Phi) is 4.20. The van der Waals surface area contributed by atoms with Crippen molar-refractivity contribution < 1.29 is 4.79 Å². The highest BCUT2D eigenvalue weighted by Crippen LogP contribution is 2.40. The van der Waals surface area contributed by atoms with Crippen LogP contribution < -0.4 is 0 Å². The number of rotatable bonds is 5. The van der Waals surface area contributed by atoms with Gasteiger partial charge in [0.05, 0.1) is 6.33 Å². The molecule has 3 heteroatoms. The van der Waals surface area contributed by atoms with Gasteiger partial charge in [0.2, 0.25) is 0 Å². The number of aromatic nitrogens is 2. The third-order valence-corrected chi connectivity index (χ3v) is 4.74. The standard InChI is InChI=1S/C23H18N2O/c26-17-19-11-13-22(14-12-19)23(25-16-15-24-18-25,20-7-3-1-4-8-20)21-9-5-2-6-10-21/h1-18H. The summed E-state index contributed by atoms with van der Waals surface area (Å²) in [6, 6.07) is 28.5. The van der Waals surface area contributed by atoms with E-state index in [2.05, 4.69) is 33.8 Å². The van der Waals surface area contributed by atoms with Crippen molar-refractivity contribution in [2.75, 3.05) is 0 Å². The van der Waals surface area contributed by atoms with Gasteiger partial charge in [0.25, 0.3) is 0 Å². The largest absolute Gasteiger partial charge is 0.319 e. The van der Waals surface area contributed by atoms with E-state index < -0.39 is 5.54 Å². The van der Waals surface area contributed by atoms with Crippen LogP contribution in [0.25, 0.3) is 0 Å². The Morgan fingerprint density at radius 3 is 1.73 bits per heavy atom. The van der Waals surface area contributed by atoms with E-state index in [0.717, 1.165) is 23.0 Å². The Morgan fingerprint density at radius 1 is 0.731 bits per heavy atom. The summed E-state index contributed by atoms with van der Waals surface area (Å²) in [5.74, 6) is 0. The zero-order chi connectivity index (χ0) is 17.8. The van der Waals surface area contributed by atoms with Crippen LogP contribution in [0.3, 0.4) is 0 Å². The minimum absolute atomic E-state index is 0.569. The van der Waals surface area contributed by atoms with Crippen LogP contribution in [0.2, 0.25) is 0 Å². The molecule has 26 heavy (non-hydrogen) atoms. The smallest absolute Gasteiger partial charge is 0.150 e. The van der Waals surface area contributed by atoms with Gasteiger partial charge in [-0.05, 0) is 16.7 Å². The lowest BCUT2D eigenvalue weighted by atomic mass is 9.76. The maximum absolute atomic E-state index is 11.1. The number of carbonyl (C=O) groups excluding carboxylic acids is 1. The summed E-state index contributed by atoms with van der Waals surface area (Å²) >= 11 is 0. The minimum atomic E-state index is -0.569. The Balaban J connectivity index is 2.08. The average Bonchev–Trinajstić information content (AvgIpc) is 3.26. The minimum Gasteiger partial charge on any atom is -0.319 e. The van der Waals surface area contributed by atoms with Crippen molar-refractivity contribution in [2.45, 2.75) is 5.54 Å². The van der Waals surface area contributed by atoms with Crippen molar-refractivity contribution in [2.24, 2.45) is 0 Å². The molecule has 0 atom stereocenters. The molecule has 1 heterocycles. The van der Waals surface area contributed by atoms with Crippen molar-refractivity contribution in [1.29, 1.82) is 0 Å². The Morgan fingerprint density at radius 2 is 1.27 bits per heavy atom. The zero-order valence-electron chi connectivity index (χ0n) is 14.2. The molecule has 0 amide bonds. The first-order chi connectivity index (χ1) is 12.9. The summed E-state index contributed by atoms with van der Waals surface area (Å²) in [6.45, 7) is 0. The molecule has 1 aromatic heterocycles. The van der Waals surface area contributed by atoms with Crippen LogP contribution in [0.5, 0.6) is 0 Å². The molecule has 0 saturated carbocycles. The van der Waals surface area contributed by atoms with Crippen molar-refractivity contribution in [3.05, 3.63) is 126 Å². The molecule has 0 aliphatic carbocycles. The SMILES string of the molecule is O=Cc1ccc(C(c2ccccc2)(c2ccccc2)n2ccnc2)cc1. The van der Waals surface area contributed by atoms with E-state index in [1.807, 2.05) is 73.2 Å². The molecule has 4 rings (SSSR count). The molecule has 0 saturated heterocycles. The van der Waals surface area contributed by atoms with Crippen LogP contribution in [0.1, 0.15) is 27.0 Å². The topological polar surface area (TPSA) is 34.9 Å². The predicted molar refractivity (Wildman–Crippen MR) is 102 cm³/mol. The fourth-order valence-electron chi connectivity index (χ4n) is 3.57. The van der Waals surface area contributed by atoms with Crippen LogP contribution in [0, 0.1) is 0 Å². The van der Waals surface area contributed by atoms with Gasteiger partial charge in [-0.1, -0.05) is 84.9 Å². The highest BCUT2D eigenvalue weighted by Gasteiger charge is 2.37. The van der Waals surface area contributed by atoms with E-state index >= 15 is 0 Å². The van der Waals surface area contributed by atoms with E-state index in [1.165, 1.54) is 0 Å². The second-order valence-corrected chi connectivity index (χ2v) is 6.15. The van der Waals surface area contributed by atoms with Crippen molar-refractivity contribution in [3.63, 3.8) is 0 Å². The van der Waals surface area contributed by atoms with Crippen molar-refractivity contribution >= 4 is 6.29 Å². The van der Waals surface area contributed by atoms with Crippen LogP contribution in [0.4, 0.5) is 0 Å². The van der Waals surface area contributed by atoms with Gasteiger partial charge in [-0.3, -0.25) is 4.79 Å². The Bertz CT molecular complexity index is 936. The van der Waals surface area contributed by atoms with Gasteiger partial charge < -0.3 is 4.57 Å². The van der Waals surface area contributed by atoms with E-state index in [1.54, 1.807) is 6.20 Å². The second-order valence-electron chi connectivity index (χ2n) is 6.15. The molecule has 126 valence electrons. The maximum Gasteiger partial charge on any atom is 0.150 e. The molecular weight excluding hydrogens is 320 g/mol. The molecule has 0 N–H and O–H groups in total. The number of nitrogens with zero attached hydrogens (tertiary/aromatic N) is 2. The fourth-order valence-corrected chi connectivity index (χ4v) is 3.57. The molecule has 3 nitrogen and oxygen atoms in total. The molecule has 3 aromatic carbocycles. The molecule has 0 radical (unpaired) electrons. The molecule has 0 bridgehead atoms. The lowest BCUT2D eigenvalue weighted by molar-refractivity contribution is 0.112. The maximum atomic E-state index is 11.1. The molecule has 0 aliphatic heterocycles. The van der Waals surface area contributed by atoms with E-state index in [9.17, 15) is 4.79 Å². The van der Waals surface area contributed by atoms with Gasteiger partial charge in [0.1, 0.15) is 11.8 Å². The summed E-state index contributed by atoms with van der Waals surface area (Å²) in [7, 11) is 0. The zero-order valence-corrected chi connectivity index (χ0v) is 14.2. The van der Waals surface area contributed by atoms with Crippen molar-refractivity contribution in [3.8, 4) is 0 Å². The Labute approximate surface area is 152 Å². The van der Waals surface area contributed by atoms with Crippen LogP contribution >= 0.6 is 0 Å². The van der Waals surface area contributed by atoms with Gasteiger partial charge in [0, 0.05) is 18.0 Å². The van der Waals surface area contributed by atoms with Gasteiger partial charge in [-0.25, -0.2) is 4.98 Å².